The Morgan fingerprint density at radius 2 is 1.15 bits per heavy atom. The smallest absolute Gasteiger partial charge is 0.311 e. The molecule has 0 aliphatic carbocycles. The fourth-order valence-electron chi connectivity index (χ4n) is 1.83. The average molecular weight is 322 g/mol. The second-order valence-electron chi connectivity index (χ2n) is 4.09. The first-order valence-corrected chi connectivity index (χ1v) is 9.08. The summed E-state index contributed by atoms with van der Waals surface area (Å²) in [5.41, 5.74) is 1.52. The minimum Gasteiger partial charge on any atom is -0.311 e. The van der Waals surface area contributed by atoms with E-state index >= 15 is 0 Å². The van der Waals surface area contributed by atoms with Crippen molar-refractivity contribution in [3.05, 3.63) is 35.4 Å². The van der Waals surface area contributed by atoms with E-state index in [1.165, 1.54) is 28.4 Å². The van der Waals surface area contributed by atoms with Gasteiger partial charge < -0.3 is 18.1 Å². The fraction of sp³-hybridized carbons (Fsp3) is 0.500. The molecular weight excluding hydrogens is 302 g/mol. The first kappa shape index (κ1) is 17.6. The van der Waals surface area contributed by atoms with Gasteiger partial charge >= 0.3 is 15.2 Å². The van der Waals surface area contributed by atoms with Crippen molar-refractivity contribution in [1.29, 1.82) is 0 Å². The van der Waals surface area contributed by atoms with Gasteiger partial charge in [0.05, 0.1) is 0 Å². The topological polar surface area (TPSA) is 71.1 Å². The Hall–Kier alpha value is -0.480. The van der Waals surface area contributed by atoms with E-state index in [2.05, 4.69) is 0 Å². The molecule has 1 aromatic rings. The van der Waals surface area contributed by atoms with Crippen LogP contribution in [0.1, 0.15) is 16.5 Å². The molecule has 0 aliphatic rings. The Morgan fingerprint density at radius 1 is 0.800 bits per heavy atom. The van der Waals surface area contributed by atoms with Crippen molar-refractivity contribution in [3.8, 4) is 0 Å². The first-order valence-electron chi connectivity index (χ1n) is 5.85. The summed E-state index contributed by atoms with van der Waals surface area (Å²) in [6.07, 6.45) is 0. The van der Waals surface area contributed by atoms with Gasteiger partial charge in [-0.1, -0.05) is 29.8 Å². The maximum atomic E-state index is 12.7. The molecule has 0 unspecified atom stereocenters. The van der Waals surface area contributed by atoms with Gasteiger partial charge in [0.2, 0.25) is 0 Å². The normalized spacial score (nSPS) is 12.9. The summed E-state index contributed by atoms with van der Waals surface area (Å²) < 4.78 is 45.4. The van der Waals surface area contributed by atoms with E-state index in [9.17, 15) is 9.13 Å². The monoisotopic (exact) mass is 322 g/mol. The second kappa shape index (κ2) is 6.99. The third-order valence-corrected chi connectivity index (χ3v) is 8.52. The van der Waals surface area contributed by atoms with E-state index in [1.807, 2.05) is 19.1 Å². The third-order valence-electron chi connectivity index (χ3n) is 2.99. The molecule has 0 radical (unpaired) electrons. The molecule has 6 nitrogen and oxygen atoms in total. The van der Waals surface area contributed by atoms with Gasteiger partial charge in [-0.3, -0.25) is 9.13 Å². The summed E-state index contributed by atoms with van der Waals surface area (Å²) in [5.74, 6) is 0. The maximum Gasteiger partial charge on any atom is 0.349 e. The average Bonchev–Trinajstić information content (AvgIpc) is 2.48. The zero-order valence-electron chi connectivity index (χ0n) is 12.2. The Bertz CT molecular complexity index is 485. The highest BCUT2D eigenvalue weighted by molar-refractivity contribution is 7.72. The van der Waals surface area contributed by atoms with Crippen LogP contribution in [0.5, 0.6) is 0 Å². The molecule has 0 heterocycles. The van der Waals surface area contributed by atoms with Crippen LogP contribution in [0.3, 0.4) is 0 Å². The highest BCUT2D eigenvalue weighted by Crippen LogP contribution is 2.77. The first-order chi connectivity index (χ1) is 9.36. The molecule has 1 rings (SSSR count). The summed E-state index contributed by atoms with van der Waals surface area (Å²) in [6, 6.07) is 7.03. The van der Waals surface area contributed by atoms with Gasteiger partial charge in [0.15, 0.2) is 5.40 Å². The molecule has 0 atom stereocenters. The highest BCUT2D eigenvalue weighted by atomic mass is 31.2. The molecule has 8 heteroatoms. The van der Waals surface area contributed by atoms with Crippen LogP contribution in [0.4, 0.5) is 0 Å². The van der Waals surface area contributed by atoms with Crippen molar-refractivity contribution in [2.75, 3.05) is 28.4 Å². The number of hydrogen-bond acceptors (Lipinski definition) is 6. The molecule has 0 fully saturated rings. The van der Waals surface area contributed by atoms with Crippen molar-refractivity contribution >= 4 is 15.2 Å². The molecule has 0 saturated carbocycles. The molecule has 0 N–H and O–H groups in total. The van der Waals surface area contributed by atoms with E-state index in [1.54, 1.807) is 12.1 Å². The number of aryl methyl sites for hydroxylation is 1. The minimum atomic E-state index is -3.70. The molecule has 1 aromatic carbocycles. The third kappa shape index (κ3) is 3.40. The standard InChI is InChI=1S/C12H20O6P2/c1-10-6-8-11(9-7-10)12(19(13,15-2)16-3)20(14,17-4)18-5/h6-9,12H,1-5H3. The zero-order chi connectivity index (χ0) is 15.4. The SMILES string of the molecule is COP(=O)(OC)C(c1ccc(C)cc1)P(=O)(OC)OC. The highest BCUT2D eigenvalue weighted by Gasteiger charge is 2.50. The van der Waals surface area contributed by atoms with Crippen molar-refractivity contribution < 1.29 is 27.2 Å². The lowest BCUT2D eigenvalue weighted by Crippen LogP contribution is -2.07. The van der Waals surface area contributed by atoms with Crippen LogP contribution >= 0.6 is 15.2 Å². The minimum absolute atomic E-state index is 0.509. The number of rotatable bonds is 7. The van der Waals surface area contributed by atoms with E-state index < -0.39 is 20.6 Å². The number of benzene rings is 1. The molecule has 114 valence electrons. The summed E-state index contributed by atoms with van der Waals surface area (Å²) >= 11 is 0. The summed E-state index contributed by atoms with van der Waals surface area (Å²) in [7, 11) is -2.44. The zero-order valence-corrected chi connectivity index (χ0v) is 14.0. The largest absolute Gasteiger partial charge is 0.349 e. The Balaban J connectivity index is 3.46. The van der Waals surface area contributed by atoms with Crippen molar-refractivity contribution in [2.45, 2.75) is 12.3 Å². The van der Waals surface area contributed by atoms with Gasteiger partial charge in [0, 0.05) is 28.4 Å². The molecule has 0 aromatic heterocycles. The lowest BCUT2D eigenvalue weighted by Gasteiger charge is -2.29. The van der Waals surface area contributed by atoms with Gasteiger partial charge in [-0.25, -0.2) is 0 Å². The quantitative estimate of drug-likeness (QED) is 0.708. The fourth-order valence-corrected chi connectivity index (χ4v) is 6.51. The molecule has 0 aliphatic heterocycles. The Labute approximate surface area is 119 Å². The summed E-state index contributed by atoms with van der Waals surface area (Å²) in [5, 5.41) is -1.14. The molecular formula is C12H20O6P2. The van der Waals surface area contributed by atoms with Crippen molar-refractivity contribution in [2.24, 2.45) is 0 Å². The second-order valence-corrected chi connectivity index (χ2v) is 9.15. The van der Waals surface area contributed by atoms with Gasteiger partial charge in [-0.2, -0.15) is 0 Å². The Kier molecular flexibility index (Phi) is 6.14. The van der Waals surface area contributed by atoms with Gasteiger partial charge in [0.1, 0.15) is 0 Å². The van der Waals surface area contributed by atoms with Gasteiger partial charge in [0.25, 0.3) is 0 Å². The molecule has 0 spiro atoms. The molecule has 20 heavy (non-hydrogen) atoms. The van der Waals surface area contributed by atoms with E-state index in [4.69, 9.17) is 18.1 Å². The van der Waals surface area contributed by atoms with Crippen LogP contribution in [-0.4, -0.2) is 28.4 Å². The molecule has 0 amide bonds. The van der Waals surface area contributed by atoms with Crippen molar-refractivity contribution in [3.63, 3.8) is 0 Å². The van der Waals surface area contributed by atoms with Crippen LogP contribution in [0.25, 0.3) is 0 Å². The lowest BCUT2D eigenvalue weighted by molar-refractivity contribution is 0.247. The van der Waals surface area contributed by atoms with Crippen LogP contribution < -0.4 is 0 Å². The molecule has 0 bridgehead atoms. The van der Waals surface area contributed by atoms with Crippen molar-refractivity contribution in [1.82, 2.24) is 0 Å². The summed E-state index contributed by atoms with van der Waals surface area (Å²) in [6.45, 7) is 1.91. The van der Waals surface area contributed by atoms with E-state index in [-0.39, 0.29) is 0 Å². The van der Waals surface area contributed by atoms with Gasteiger partial charge in [-0.05, 0) is 12.5 Å². The number of hydrogen-bond donors (Lipinski definition) is 0. The predicted octanol–water partition coefficient (Wildman–Crippen LogP) is 3.97. The van der Waals surface area contributed by atoms with Crippen LogP contribution in [0.15, 0.2) is 24.3 Å². The molecule has 0 saturated heterocycles. The van der Waals surface area contributed by atoms with Crippen LogP contribution in [0.2, 0.25) is 0 Å². The van der Waals surface area contributed by atoms with Crippen LogP contribution in [-0.2, 0) is 27.2 Å². The van der Waals surface area contributed by atoms with Crippen LogP contribution in [0, 0.1) is 6.92 Å². The van der Waals surface area contributed by atoms with E-state index in [0.29, 0.717) is 5.56 Å². The summed E-state index contributed by atoms with van der Waals surface area (Å²) in [4.78, 5) is 0. The Morgan fingerprint density at radius 3 is 1.45 bits per heavy atom. The van der Waals surface area contributed by atoms with E-state index in [0.717, 1.165) is 5.56 Å². The predicted molar refractivity (Wildman–Crippen MR) is 77.2 cm³/mol. The lowest BCUT2D eigenvalue weighted by atomic mass is 10.2. The van der Waals surface area contributed by atoms with Gasteiger partial charge in [-0.15, -0.1) is 0 Å². The maximum absolute atomic E-state index is 12.7.